The molecule has 2 aliphatic heterocycles. The van der Waals surface area contributed by atoms with Gasteiger partial charge in [0, 0.05) is 30.9 Å². The van der Waals surface area contributed by atoms with Crippen molar-refractivity contribution in [2.75, 3.05) is 13.1 Å². The summed E-state index contributed by atoms with van der Waals surface area (Å²) < 4.78 is 0. The number of aliphatic imine (C=N–C) groups is 1. The molecule has 0 amide bonds. The summed E-state index contributed by atoms with van der Waals surface area (Å²) >= 11 is 0. The molecule has 0 aliphatic carbocycles. The molecule has 0 saturated carbocycles. The fraction of sp³-hybridized carbons (Fsp3) is 0.700. The van der Waals surface area contributed by atoms with E-state index in [1.807, 2.05) is 6.20 Å². The molecule has 66 valence electrons. The summed E-state index contributed by atoms with van der Waals surface area (Å²) in [7, 11) is 0. The average Bonchev–Trinajstić information content (AvgIpc) is 2.49. The first-order chi connectivity index (χ1) is 5.77. The highest BCUT2D eigenvalue weighted by Crippen LogP contribution is 2.25. The Morgan fingerprint density at radius 3 is 3.17 bits per heavy atom. The van der Waals surface area contributed by atoms with Crippen molar-refractivity contribution in [1.29, 1.82) is 0 Å². The first kappa shape index (κ1) is 7.99. The van der Waals surface area contributed by atoms with Crippen LogP contribution in [0.3, 0.4) is 0 Å². The fourth-order valence-corrected chi connectivity index (χ4v) is 1.91. The Morgan fingerprint density at radius 2 is 2.42 bits per heavy atom. The van der Waals surface area contributed by atoms with Crippen LogP contribution in [0.5, 0.6) is 0 Å². The molecule has 1 unspecified atom stereocenters. The van der Waals surface area contributed by atoms with Crippen LogP contribution < -0.4 is 0 Å². The Labute approximate surface area is 74.0 Å². The van der Waals surface area contributed by atoms with Crippen molar-refractivity contribution in [2.24, 2.45) is 10.9 Å². The third-order valence-corrected chi connectivity index (χ3v) is 2.83. The van der Waals surface area contributed by atoms with Gasteiger partial charge in [-0.15, -0.1) is 0 Å². The maximum absolute atomic E-state index is 4.21. The van der Waals surface area contributed by atoms with Crippen LogP contribution in [-0.2, 0) is 0 Å². The third-order valence-electron chi connectivity index (χ3n) is 2.83. The maximum Gasteiger partial charge on any atom is 0.0275 e. The van der Waals surface area contributed by atoms with Gasteiger partial charge >= 0.3 is 0 Å². The molecular weight excluding hydrogens is 148 g/mol. The zero-order valence-electron chi connectivity index (χ0n) is 7.83. The Balaban J connectivity index is 2.03. The predicted molar refractivity (Wildman–Crippen MR) is 51.4 cm³/mol. The SMILES string of the molecule is CC(C)N1CCC2C=NC=C2C1. The van der Waals surface area contributed by atoms with Gasteiger partial charge in [-0.2, -0.15) is 0 Å². The van der Waals surface area contributed by atoms with Crippen LogP contribution in [0.2, 0.25) is 0 Å². The van der Waals surface area contributed by atoms with E-state index in [1.165, 1.54) is 18.5 Å². The van der Waals surface area contributed by atoms with Gasteiger partial charge in [-0.05, 0) is 32.4 Å². The van der Waals surface area contributed by atoms with Gasteiger partial charge in [0.2, 0.25) is 0 Å². The number of rotatable bonds is 1. The molecule has 0 bridgehead atoms. The molecule has 0 radical (unpaired) electrons. The monoisotopic (exact) mass is 164 g/mol. The molecular formula is C10H16N2. The van der Waals surface area contributed by atoms with Gasteiger partial charge in [0.1, 0.15) is 0 Å². The zero-order chi connectivity index (χ0) is 8.55. The lowest BCUT2D eigenvalue weighted by Gasteiger charge is -2.33. The quantitative estimate of drug-likeness (QED) is 0.575. The van der Waals surface area contributed by atoms with Crippen LogP contribution in [0, 0.1) is 5.92 Å². The van der Waals surface area contributed by atoms with Crippen LogP contribution >= 0.6 is 0 Å². The highest BCUT2D eigenvalue weighted by Gasteiger charge is 2.25. The summed E-state index contributed by atoms with van der Waals surface area (Å²) in [6, 6.07) is 0.674. The summed E-state index contributed by atoms with van der Waals surface area (Å²) in [4.78, 5) is 6.72. The summed E-state index contributed by atoms with van der Waals surface area (Å²) in [6.45, 7) is 6.88. The maximum atomic E-state index is 4.21. The largest absolute Gasteiger partial charge is 0.297 e. The average molecular weight is 164 g/mol. The summed E-state index contributed by atoms with van der Waals surface area (Å²) in [5, 5.41) is 0. The van der Waals surface area contributed by atoms with Gasteiger partial charge in [-0.3, -0.25) is 9.89 Å². The second-order valence-electron chi connectivity index (χ2n) is 3.96. The van der Waals surface area contributed by atoms with E-state index in [1.54, 1.807) is 0 Å². The first-order valence-electron chi connectivity index (χ1n) is 4.73. The third kappa shape index (κ3) is 1.31. The Hall–Kier alpha value is -0.630. The first-order valence-corrected chi connectivity index (χ1v) is 4.73. The lowest BCUT2D eigenvalue weighted by Crippen LogP contribution is -2.39. The molecule has 0 N–H and O–H groups in total. The number of likely N-dealkylation sites (tertiary alicyclic amines) is 1. The van der Waals surface area contributed by atoms with E-state index in [4.69, 9.17) is 0 Å². The van der Waals surface area contributed by atoms with Crippen LogP contribution in [0.4, 0.5) is 0 Å². The second kappa shape index (κ2) is 3.02. The normalized spacial score (nSPS) is 29.2. The number of nitrogens with zero attached hydrogens (tertiary/aromatic N) is 2. The minimum absolute atomic E-state index is 0.667. The second-order valence-corrected chi connectivity index (χ2v) is 3.96. The van der Waals surface area contributed by atoms with E-state index in [-0.39, 0.29) is 0 Å². The Kier molecular flexibility index (Phi) is 2.01. The van der Waals surface area contributed by atoms with Crippen molar-refractivity contribution in [3.05, 3.63) is 11.8 Å². The van der Waals surface area contributed by atoms with Gasteiger partial charge < -0.3 is 0 Å². The molecule has 0 aromatic carbocycles. The number of hydrogen-bond donors (Lipinski definition) is 0. The van der Waals surface area contributed by atoms with E-state index in [2.05, 4.69) is 30.0 Å². The van der Waals surface area contributed by atoms with Crippen molar-refractivity contribution >= 4 is 6.21 Å². The number of hydrogen-bond acceptors (Lipinski definition) is 2. The van der Waals surface area contributed by atoms with Gasteiger partial charge in [0.05, 0.1) is 0 Å². The molecule has 0 spiro atoms. The summed E-state index contributed by atoms with van der Waals surface area (Å²) in [5.74, 6) is 0.667. The van der Waals surface area contributed by atoms with Crippen LogP contribution in [0.1, 0.15) is 20.3 Å². The van der Waals surface area contributed by atoms with Gasteiger partial charge in [-0.25, -0.2) is 0 Å². The smallest absolute Gasteiger partial charge is 0.0275 e. The molecule has 1 atom stereocenters. The van der Waals surface area contributed by atoms with Gasteiger partial charge in [0.15, 0.2) is 0 Å². The standard InChI is InChI=1S/C10H16N2/c1-8(2)12-4-3-9-5-11-6-10(9)7-12/h5-6,8-9H,3-4,7H2,1-2H3. The number of piperidine rings is 1. The highest BCUT2D eigenvalue weighted by molar-refractivity contribution is 5.69. The molecule has 2 nitrogen and oxygen atoms in total. The summed E-state index contributed by atoms with van der Waals surface area (Å²) in [6.07, 6.45) is 5.39. The molecule has 1 saturated heterocycles. The van der Waals surface area contributed by atoms with E-state index in [0.717, 1.165) is 6.54 Å². The van der Waals surface area contributed by atoms with E-state index in [0.29, 0.717) is 12.0 Å². The molecule has 2 heteroatoms. The van der Waals surface area contributed by atoms with Crippen molar-refractivity contribution in [2.45, 2.75) is 26.3 Å². The van der Waals surface area contributed by atoms with E-state index in [9.17, 15) is 0 Å². The number of fused-ring (bicyclic) bond motifs is 1. The lowest BCUT2D eigenvalue weighted by atomic mass is 9.94. The van der Waals surface area contributed by atoms with Crippen LogP contribution in [-0.4, -0.2) is 30.2 Å². The molecule has 12 heavy (non-hydrogen) atoms. The van der Waals surface area contributed by atoms with Crippen LogP contribution in [0.25, 0.3) is 0 Å². The Bertz CT molecular complexity index is 228. The molecule has 2 heterocycles. The zero-order valence-corrected chi connectivity index (χ0v) is 7.83. The topological polar surface area (TPSA) is 15.6 Å². The van der Waals surface area contributed by atoms with E-state index >= 15 is 0 Å². The van der Waals surface area contributed by atoms with Crippen molar-refractivity contribution in [1.82, 2.24) is 4.90 Å². The van der Waals surface area contributed by atoms with Crippen molar-refractivity contribution < 1.29 is 0 Å². The van der Waals surface area contributed by atoms with Crippen molar-refractivity contribution in [3.63, 3.8) is 0 Å². The highest BCUT2D eigenvalue weighted by atomic mass is 15.2. The van der Waals surface area contributed by atoms with Gasteiger partial charge in [-0.1, -0.05) is 0 Å². The minimum atomic E-state index is 0.667. The molecule has 1 fully saturated rings. The molecule has 2 aliphatic rings. The van der Waals surface area contributed by atoms with E-state index < -0.39 is 0 Å². The lowest BCUT2D eigenvalue weighted by molar-refractivity contribution is 0.207. The summed E-state index contributed by atoms with van der Waals surface area (Å²) in [5.41, 5.74) is 1.51. The fourth-order valence-electron chi connectivity index (χ4n) is 1.91. The molecule has 2 rings (SSSR count). The van der Waals surface area contributed by atoms with Crippen molar-refractivity contribution in [3.8, 4) is 0 Å². The van der Waals surface area contributed by atoms with Crippen LogP contribution in [0.15, 0.2) is 16.8 Å². The van der Waals surface area contributed by atoms with Gasteiger partial charge in [0.25, 0.3) is 0 Å². The molecule has 0 aromatic heterocycles. The Morgan fingerprint density at radius 1 is 1.58 bits per heavy atom. The predicted octanol–water partition coefficient (Wildman–Crippen LogP) is 1.69. The minimum Gasteiger partial charge on any atom is -0.297 e. The molecule has 0 aromatic rings.